The molecule has 0 atom stereocenters. The Labute approximate surface area is 177 Å². The van der Waals surface area contributed by atoms with Crippen molar-refractivity contribution in [2.75, 3.05) is 31.1 Å². The molecule has 1 fully saturated rings. The van der Waals surface area contributed by atoms with Gasteiger partial charge in [0.25, 0.3) is 0 Å². The minimum Gasteiger partial charge on any atom is -0.353 e. The summed E-state index contributed by atoms with van der Waals surface area (Å²) in [6.07, 6.45) is 4.74. The molecule has 4 rings (SSSR count). The predicted octanol–water partition coefficient (Wildman–Crippen LogP) is 2.87. The molecule has 0 radical (unpaired) electrons. The number of benzene rings is 1. The molecule has 3 heterocycles. The lowest BCUT2D eigenvalue weighted by molar-refractivity contribution is -0.131. The zero-order valence-corrected chi connectivity index (χ0v) is 17.9. The Bertz CT molecular complexity index is 1040. The number of imidazole rings is 1. The molecule has 0 N–H and O–H groups in total. The predicted molar refractivity (Wildman–Crippen MR) is 117 cm³/mol. The maximum atomic E-state index is 12.6. The van der Waals surface area contributed by atoms with Gasteiger partial charge in [-0.25, -0.2) is 15.0 Å². The van der Waals surface area contributed by atoms with Crippen LogP contribution in [0.1, 0.15) is 28.9 Å². The third-order valence-corrected chi connectivity index (χ3v) is 5.80. The fourth-order valence-corrected chi connectivity index (χ4v) is 3.83. The van der Waals surface area contributed by atoms with E-state index < -0.39 is 0 Å². The van der Waals surface area contributed by atoms with Gasteiger partial charge in [0.15, 0.2) is 0 Å². The summed E-state index contributed by atoms with van der Waals surface area (Å²) in [5, 5.41) is 0. The molecule has 30 heavy (non-hydrogen) atoms. The fourth-order valence-electron chi connectivity index (χ4n) is 3.83. The van der Waals surface area contributed by atoms with Crippen molar-refractivity contribution in [3.05, 3.63) is 65.5 Å². The molecule has 0 aliphatic carbocycles. The number of aromatic nitrogens is 4. The average Bonchev–Trinajstić information content (AvgIpc) is 3.11. The molecule has 1 saturated heterocycles. The van der Waals surface area contributed by atoms with Crippen molar-refractivity contribution in [3.63, 3.8) is 0 Å². The number of hydrogen-bond acceptors (Lipinski definition) is 5. The van der Waals surface area contributed by atoms with E-state index in [0.29, 0.717) is 6.42 Å². The molecule has 1 aliphatic rings. The smallest absolute Gasteiger partial charge is 0.223 e. The number of carbonyl (C=O) groups is 1. The van der Waals surface area contributed by atoms with Gasteiger partial charge in [-0.3, -0.25) is 9.36 Å². The Balaban J connectivity index is 1.35. The molecule has 1 aromatic carbocycles. The highest BCUT2D eigenvalue weighted by Crippen LogP contribution is 2.18. The first-order valence-electron chi connectivity index (χ1n) is 10.4. The second-order valence-corrected chi connectivity index (χ2v) is 7.88. The Kier molecular flexibility index (Phi) is 5.79. The largest absolute Gasteiger partial charge is 0.353 e. The molecule has 2 aromatic heterocycles. The third-order valence-electron chi connectivity index (χ3n) is 5.80. The summed E-state index contributed by atoms with van der Waals surface area (Å²) in [4.78, 5) is 30.0. The summed E-state index contributed by atoms with van der Waals surface area (Å²) in [6, 6.07) is 10.4. The molecule has 7 heteroatoms. The van der Waals surface area contributed by atoms with Crippen LogP contribution in [0.15, 0.2) is 43.0 Å². The number of amides is 1. The van der Waals surface area contributed by atoms with Crippen LogP contribution in [0.3, 0.4) is 0 Å². The summed E-state index contributed by atoms with van der Waals surface area (Å²) in [7, 11) is 0. The van der Waals surface area contributed by atoms with Gasteiger partial charge in [-0.05, 0) is 32.8 Å². The van der Waals surface area contributed by atoms with Crippen molar-refractivity contribution in [3.8, 4) is 5.82 Å². The number of hydrogen-bond donors (Lipinski definition) is 0. The zero-order valence-electron chi connectivity index (χ0n) is 17.9. The molecule has 1 aliphatic heterocycles. The average molecular weight is 405 g/mol. The molecule has 1 amide bonds. The number of anilines is 1. The molecule has 0 spiro atoms. The van der Waals surface area contributed by atoms with Crippen molar-refractivity contribution >= 4 is 11.7 Å². The normalized spacial score (nSPS) is 14.2. The topological polar surface area (TPSA) is 67.2 Å². The highest BCUT2D eigenvalue weighted by Gasteiger charge is 2.22. The van der Waals surface area contributed by atoms with Crippen LogP contribution in [0.4, 0.5) is 5.82 Å². The van der Waals surface area contributed by atoms with E-state index in [-0.39, 0.29) is 5.91 Å². The van der Waals surface area contributed by atoms with Crippen LogP contribution in [0, 0.1) is 20.8 Å². The van der Waals surface area contributed by atoms with Gasteiger partial charge in [-0.15, -0.1) is 0 Å². The number of carbonyl (C=O) groups excluding carboxylic acids is 1. The molecular weight excluding hydrogens is 376 g/mol. The Morgan fingerprint density at radius 2 is 1.73 bits per heavy atom. The van der Waals surface area contributed by atoms with Gasteiger partial charge >= 0.3 is 0 Å². The van der Waals surface area contributed by atoms with Crippen LogP contribution in [0.5, 0.6) is 0 Å². The van der Waals surface area contributed by atoms with Crippen molar-refractivity contribution in [1.82, 2.24) is 24.4 Å². The van der Waals surface area contributed by atoms with Crippen LogP contribution in [-0.2, 0) is 11.2 Å². The van der Waals surface area contributed by atoms with Crippen molar-refractivity contribution in [1.29, 1.82) is 0 Å². The first-order valence-corrected chi connectivity index (χ1v) is 10.4. The number of nitrogens with zero attached hydrogens (tertiary/aromatic N) is 6. The molecule has 0 unspecified atom stereocenters. The van der Waals surface area contributed by atoms with Crippen molar-refractivity contribution < 1.29 is 4.79 Å². The van der Waals surface area contributed by atoms with Crippen molar-refractivity contribution in [2.45, 2.75) is 33.6 Å². The molecule has 7 nitrogen and oxygen atoms in total. The summed E-state index contributed by atoms with van der Waals surface area (Å²) in [5.74, 6) is 1.93. The van der Waals surface area contributed by atoms with E-state index in [2.05, 4.69) is 51.0 Å². The number of aryl methyl sites for hydroxylation is 3. The van der Waals surface area contributed by atoms with Gasteiger partial charge in [-0.2, -0.15) is 0 Å². The zero-order chi connectivity index (χ0) is 21.1. The van der Waals surface area contributed by atoms with Gasteiger partial charge in [0.1, 0.15) is 24.3 Å². The number of piperazine rings is 1. The van der Waals surface area contributed by atoms with Crippen LogP contribution in [-0.4, -0.2) is 56.5 Å². The third kappa shape index (κ3) is 4.35. The maximum Gasteiger partial charge on any atom is 0.223 e. The highest BCUT2D eigenvalue weighted by molar-refractivity contribution is 5.76. The first-order chi connectivity index (χ1) is 14.5. The van der Waals surface area contributed by atoms with E-state index in [1.165, 1.54) is 11.1 Å². The summed E-state index contributed by atoms with van der Waals surface area (Å²) >= 11 is 0. The Hall–Kier alpha value is -3.22. The second-order valence-electron chi connectivity index (χ2n) is 7.88. The summed E-state index contributed by atoms with van der Waals surface area (Å²) in [6.45, 7) is 9.08. The van der Waals surface area contributed by atoms with Gasteiger partial charge < -0.3 is 9.80 Å². The van der Waals surface area contributed by atoms with E-state index in [0.717, 1.165) is 55.6 Å². The quantitative estimate of drug-likeness (QED) is 0.654. The lowest BCUT2D eigenvalue weighted by atomic mass is 10.1. The van der Waals surface area contributed by atoms with Gasteiger partial charge in [0, 0.05) is 44.4 Å². The molecular formula is C23H28N6O. The minimum absolute atomic E-state index is 0.226. The fraction of sp³-hybridized carbons (Fsp3) is 0.391. The SMILES string of the molecule is Cc1cccc(CCC(=O)N2CCN(c3cc(-n4cnc(C)c4C)ncn3)CC2)c1. The van der Waals surface area contributed by atoms with Gasteiger partial charge in [0.2, 0.25) is 5.91 Å². The van der Waals surface area contributed by atoms with E-state index in [9.17, 15) is 4.79 Å². The van der Waals surface area contributed by atoms with Crippen LogP contribution in [0.25, 0.3) is 5.82 Å². The lowest BCUT2D eigenvalue weighted by Gasteiger charge is -2.35. The highest BCUT2D eigenvalue weighted by atomic mass is 16.2. The molecule has 0 saturated carbocycles. The Morgan fingerprint density at radius 1 is 0.967 bits per heavy atom. The summed E-state index contributed by atoms with van der Waals surface area (Å²) in [5.41, 5.74) is 4.52. The van der Waals surface area contributed by atoms with E-state index in [4.69, 9.17) is 0 Å². The lowest BCUT2D eigenvalue weighted by Crippen LogP contribution is -2.49. The van der Waals surface area contributed by atoms with Crippen LogP contribution < -0.4 is 4.90 Å². The van der Waals surface area contributed by atoms with Gasteiger partial charge in [0.05, 0.1) is 5.69 Å². The molecule has 0 bridgehead atoms. The van der Waals surface area contributed by atoms with E-state index in [1.54, 1.807) is 12.7 Å². The minimum atomic E-state index is 0.226. The second kappa shape index (κ2) is 8.65. The first kappa shape index (κ1) is 20.1. The Morgan fingerprint density at radius 3 is 2.43 bits per heavy atom. The van der Waals surface area contributed by atoms with E-state index in [1.807, 2.05) is 29.4 Å². The standard InChI is InChI=1S/C23H28N6O/c1-17-5-4-6-20(13-17)7-8-23(30)28-11-9-27(10-12-28)21-14-22(25-15-24-21)29-16-26-18(2)19(29)3/h4-6,13-16H,7-12H2,1-3H3. The van der Waals surface area contributed by atoms with E-state index >= 15 is 0 Å². The maximum absolute atomic E-state index is 12.6. The van der Waals surface area contributed by atoms with Crippen LogP contribution in [0.2, 0.25) is 0 Å². The van der Waals surface area contributed by atoms with Crippen molar-refractivity contribution in [2.24, 2.45) is 0 Å². The van der Waals surface area contributed by atoms with Crippen LogP contribution >= 0.6 is 0 Å². The number of rotatable bonds is 5. The summed E-state index contributed by atoms with van der Waals surface area (Å²) < 4.78 is 1.98. The van der Waals surface area contributed by atoms with Gasteiger partial charge in [-0.1, -0.05) is 29.8 Å². The molecule has 3 aromatic rings. The monoisotopic (exact) mass is 404 g/mol. The molecule has 156 valence electrons.